The second kappa shape index (κ2) is 6.40. The first-order valence-electron chi connectivity index (χ1n) is 7.56. The fourth-order valence-corrected chi connectivity index (χ4v) is 2.94. The van der Waals surface area contributed by atoms with Crippen LogP contribution in [0.5, 0.6) is 0 Å². The molecule has 1 N–H and O–H groups in total. The molecule has 0 saturated carbocycles. The minimum Gasteiger partial charge on any atom is -0.381 e. The average molecular weight is 301 g/mol. The number of benzene rings is 2. The van der Waals surface area contributed by atoms with Gasteiger partial charge in [-0.05, 0) is 55.2 Å². The van der Waals surface area contributed by atoms with Gasteiger partial charge in [0.2, 0.25) is 0 Å². The summed E-state index contributed by atoms with van der Waals surface area (Å²) < 4.78 is 0. The van der Waals surface area contributed by atoms with Crippen LogP contribution < -0.4 is 10.2 Å². The van der Waals surface area contributed by atoms with Gasteiger partial charge in [-0.15, -0.1) is 0 Å². The molecule has 3 rings (SSSR count). The van der Waals surface area contributed by atoms with Crippen LogP contribution in [0.15, 0.2) is 42.5 Å². The lowest BCUT2D eigenvalue weighted by Crippen LogP contribution is -2.17. The van der Waals surface area contributed by atoms with E-state index in [0.717, 1.165) is 22.8 Å². The standard InChI is InChI=1S/C18H21ClN2/c1-14-7-8-15(11-18(14)19)13-20-16-5-4-6-17(12-16)21-9-2-3-10-21/h4-8,11-12,20H,2-3,9-10,13H2,1H3. The van der Waals surface area contributed by atoms with Gasteiger partial charge in [-0.25, -0.2) is 0 Å². The van der Waals surface area contributed by atoms with Crippen LogP contribution in [-0.2, 0) is 6.54 Å². The molecule has 1 saturated heterocycles. The largest absolute Gasteiger partial charge is 0.381 e. The van der Waals surface area contributed by atoms with Crippen molar-refractivity contribution in [3.05, 3.63) is 58.6 Å². The highest BCUT2D eigenvalue weighted by Gasteiger charge is 2.12. The second-order valence-electron chi connectivity index (χ2n) is 5.68. The van der Waals surface area contributed by atoms with Crippen molar-refractivity contribution >= 4 is 23.0 Å². The molecule has 0 bridgehead atoms. The fraction of sp³-hybridized carbons (Fsp3) is 0.333. The van der Waals surface area contributed by atoms with Gasteiger partial charge in [0.15, 0.2) is 0 Å². The predicted molar refractivity (Wildman–Crippen MR) is 91.4 cm³/mol. The van der Waals surface area contributed by atoms with Crippen LogP contribution in [0.1, 0.15) is 24.0 Å². The molecule has 0 aromatic heterocycles. The third-order valence-electron chi connectivity index (χ3n) is 4.05. The molecule has 0 radical (unpaired) electrons. The summed E-state index contributed by atoms with van der Waals surface area (Å²) in [6.07, 6.45) is 2.61. The highest BCUT2D eigenvalue weighted by atomic mass is 35.5. The Hall–Kier alpha value is -1.67. The summed E-state index contributed by atoms with van der Waals surface area (Å²) in [5.41, 5.74) is 4.81. The molecule has 110 valence electrons. The van der Waals surface area contributed by atoms with E-state index in [1.54, 1.807) is 0 Å². The number of nitrogens with one attached hydrogen (secondary N) is 1. The summed E-state index contributed by atoms with van der Waals surface area (Å²) in [5, 5.41) is 4.32. The van der Waals surface area contributed by atoms with E-state index in [4.69, 9.17) is 11.6 Å². The lowest BCUT2D eigenvalue weighted by molar-refractivity contribution is 0.949. The van der Waals surface area contributed by atoms with E-state index < -0.39 is 0 Å². The molecule has 0 atom stereocenters. The van der Waals surface area contributed by atoms with Crippen molar-refractivity contribution in [1.82, 2.24) is 0 Å². The summed E-state index contributed by atoms with van der Waals surface area (Å²) in [6, 6.07) is 14.9. The lowest BCUT2D eigenvalue weighted by Gasteiger charge is -2.18. The Labute approximate surface area is 131 Å². The van der Waals surface area contributed by atoms with Gasteiger partial charge in [0.25, 0.3) is 0 Å². The molecule has 1 aliphatic heterocycles. The zero-order valence-electron chi connectivity index (χ0n) is 12.4. The number of anilines is 2. The predicted octanol–water partition coefficient (Wildman–Crippen LogP) is 4.86. The molecule has 2 aromatic carbocycles. The minimum absolute atomic E-state index is 0.795. The molecule has 0 spiro atoms. The van der Waals surface area contributed by atoms with Crippen LogP contribution in [0.3, 0.4) is 0 Å². The van der Waals surface area contributed by atoms with Gasteiger partial charge in [-0.3, -0.25) is 0 Å². The molecule has 1 fully saturated rings. The van der Waals surface area contributed by atoms with Gasteiger partial charge in [0, 0.05) is 36.0 Å². The van der Waals surface area contributed by atoms with Crippen molar-refractivity contribution in [2.75, 3.05) is 23.3 Å². The summed E-state index contributed by atoms with van der Waals surface area (Å²) in [6.45, 7) is 5.18. The van der Waals surface area contributed by atoms with Gasteiger partial charge >= 0.3 is 0 Å². The van der Waals surface area contributed by atoms with Crippen molar-refractivity contribution < 1.29 is 0 Å². The van der Waals surface area contributed by atoms with Crippen molar-refractivity contribution in [1.29, 1.82) is 0 Å². The van der Waals surface area contributed by atoms with Crippen molar-refractivity contribution in [3.8, 4) is 0 Å². The number of hydrogen-bond acceptors (Lipinski definition) is 2. The number of rotatable bonds is 4. The van der Waals surface area contributed by atoms with E-state index in [1.165, 1.54) is 37.2 Å². The van der Waals surface area contributed by atoms with Crippen LogP contribution in [0, 0.1) is 6.92 Å². The Balaban J connectivity index is 1.67. The van der Waals surface area contributed by atoms with Crippen molar-refractivity contribution in [3.63, 3.8) is 0 Å². The van der Waals surface area contributed by atoms with Gasteiger partial charge in [-0.2, -0.15) is 0 Å². The molecule has 1 aliphatic rings. The fourth-order valence-electron chi connectivity index (χ4n) is 2.74. The Morgan fingerprint density at radius 3 is 2.67 bits per heavy atom. The smallest absolute Gasteiger partial charge is 0.0438 e. The quantitative estimate of drug-likeness (QED) is 0.867. The molecular formula is C18H21ClN2. The van der Waals surface area contributed by atoms with Crippen LogP contribution in [-0.4, -0.2) is 13.1 Å². The van der Waals surface area contributed by atoms with Crippen LogP contribution in [0.2, 0.25) is 5.02 Å². The maximum absolute atomic E-state index is 6.17. The first-order valence-corrected chi connectivity index (χ1v) is 7.94. The number of aryl methyl sites for hydroxylation is 1. The molecular weight excluding hydrogens is 280 g/mol. The first kappa shape index (κ1) is 14.3. The topological polar surface area (TPSA) is 15.3 Å². The minimum atomic E-state index is 0.795. The van der Waals surface area contributed by atoms with Gasteiger partial charge in [0.1, 0.15) is 0 Å². The molecule has 21 heavy (non-hydrogen) atoms. The van der Waals surface area contributed by atoms with Gasteiger partial charge in [0.05, 0.1) is 0 Å². The van der Waals surface area contributed by atoms with E-state index in [-0.39, 0.29) is 0 Å². The van der Waals surface area contributed by atoms with E-state index in [2.05, 4.69) is 46.6 Å². The van der Waals surface area contributed by atoms with Gasteiger partial charge < -0.3 is 10.2 Å². The highest BCUT2D eigenvalue weighted by Crippen LogP contribution is 2.24. The second-order valence-corrected chi connectivity index (χ2v) is 6.09. The molecule has 3 heteroatoms. The van der Waals surface area contributed by atoms with Crippen LogP contribution in [0.25, 0.3) is 0 Å². The van der Waals surface area contributed by atoms with E-state index in [9.17, 15) is 0 Å². The monoisotopic (exact) mass is 300 g/mol. The zero-order chi connectivity index (χ0) is 14.7. The highest BCUT2D eigenvalue weighted by molar-refractivity contribution is 6.31. The average Bonchev–Trinajstić information content (AvgIpc) is 3.03. The van der Waals surface area contributed by atoms with Gasteiger partial charge in [-0.1, -0.05) is 29.8 Å². The normalized spacial score (nSPS) is 14.5. The molecule has 0 aliphatic carbocycles. The van der Waals surface area contributed by atoms with Crippen molar-refractivity contribution in [2.24, 2.45) is 0 Å². The molecule has 0 unspecified atom stereocenters. The number of hydrogen-bond donors (Lipinski definition) is 1. The molecule has 1 heterocycles. The third-order valence-corrected chi connectivity index (χ3v) is 4.46. The Bertz CT molecular complexity index is 618. The zero-order valence-corrected chi connectivity index (χ0v) is 13.2. The summed E-state index contributed by atoms with van der Waals surface area (Å²) in [4.78, 5) is 2.45. The number of halogens is 1. The van der Waals surface area contributed by atoms with E-state index in [0.29, 0.717) is 0 Å². The molecule has 2 aromatic rings. The Kier molecular flexibility index (Phi) is 4.35. The third kappa shape index (κ3) is 3.51. The van der Waals surface area contributed by atoms with E-state index >= 15 is 0 Å². The lowest BCUT2D eigenvalue weighted by atomic mass is 10.1. The van der Waals surface area contributed by atoms with Crippen LogP contribution >= 0.6 is 11.6 Å². The van der Waals surface area contributed by atoms with E-state index in [1.807, 2.05) is 13.0 Å². The van der Waals surface area contributed by atoms with Crippen LogP contribution in [0.4, 0.5) is 11.4 Å². The Morgan fingerprint density at radius 1 is 1.10 bits per heavy atom. The maximum atomic E-state index is 6.17. The maximum Gasteiger partial charge on any atom is 0.0438 e. The first-order chi connectivity index (χ1) is 10.2. The summed E-state index contributed by atoms with van der Waals surface area (Å²) in [7, 11) is 0. The number of nitrogens with zero attached hydrogens (tertiary/aromatic N) is 1. The van der Waals surface area contributed by atoms with Crippen molar-refractivity contribution in [2.45, 2.75) is 26.3 Å². The molecule has 2 nitrogen and oxygen atoms in total. The Morgan fingerprint density at radius 2 is 1.90 bits per heavy atom. The summed E-state index contributed by atoms with van der Waals surface area (Å²) >= 11 is 6.17. The molecule has 0 amide bonds. The SMILES string of the molecule is Cc1ccc(CNc2cccc(N3CCCC3)c2)cc1Cl. The summed E-state index contributed by atoms with van der Waals surface area (Å²) in [5.74, 6) is 0.